The molecular weight excluding hydrogens is 236 g/mol. The van der Waals surface area contributed by atoms with Crippen LogP contribution in [0.15, 0.2) is 30.5 Å². The average Bonchev–Trinajstić information content (AvgIpc) is 2.94. The maximum absolute atomic E-state index is 4.41. The largest absolute Gasteiger partial charge is 0.378 e. The van der Waals surface area contributed by atoms with E-state index in [0.29, 0.717) is 0 Å². The average molecular weight is 254 g/mol. The van der Waals surface area contributed by atoms with E-state index in [1.807, 2.05) is 24.9 Å². The number of aromatic nitrogens is 3. The molecule has 0 saturated carbocycles. The number of rotatable bonds is 3. The monoisotopic (exact) mass is 254 g/mol. The summed E-state index contributed by atoms with van der Waals surface area (Å²) in [5.41, 5.74) is 5.80. The Morgan fingerprint density at radius 2 is 2.11 bits per heavy atom. The third-order valence-electron chi connectivity index (χ3n) is 3.60. The smallest absolute Gasteiger partial charge is 0.0827 e. The first kappa shape index (κ1) is 11.8. The van der Waals surface area contributed by atoms with Gasteiger partial charge in [-0.25, -0.2) is 0 Å². The van der Waals surface area contributed by atoms with Gasteiger partial charge < -0.3 is 10.3 Å². The molecule has 2 heterocycles. The third kappa shape index (κ3) is 2.10. The highest BCUT2D eigenvalue weighted by Crippen LogP contribution is 2.20. The van der Waals surface area contributed by atoms with E-state index in [0.717, 1.165) is 17.9 Å². The zero-order valence-corrected chi connectivity index (χ0v) is 11.5. The first-order valence-corrected chi connectivity index (χ1v) is 6.45. The van der Waals surface area contributed by atoms with E-state index in [9.17, 15) is 0 Å². The Morgan fingerprint density at radius 1 is 1.26 bits per heavy atom. The summed E-state index contributed by atoms with van der Waals surface area (Å²) in [5, 5.41) is 9.14. The normalized spacial score (nSPS) is 11.1. The van der Waals surface area contributed by atoms with Crippen LogP contribution in [0.5, 0.6) is 0 Å². The van der Waals surface area contributed by atoms with Gasteiger partial charge in [0.05, 0.1) is 17.1 Å². The summed E-state index contributed by atoms with van der Waals surface area (Å²) in [7, 11) is 1.97. The molecule has 3 rings (SSSR count). The minimum Gasteiger partial charge on any atom is -0.378 e. The van der Waals surface area contributed by atoms with Gasteiger partial charge in [-0.1, -0.05) is 6.07 Å². The molecule has 0 spiro atoms. The molecule has 0 atom stereocenters. The predicted molar refractivity (Wildman–Crippen MR) is 78.3 cm³/mol. The predicted octanol–water partition coefficient (Wildman–Crippen LogP) is 3.13. The van der Waals surface area contributed by atoms with Crippen LogP contribution >= 0.6 is 0 Å². The van der Waals surface area contributed by atoms with Gasteiger partial charge in [0.15, 0.2) is 0 Å². The van der Waals surface area contributed by atoms with Crippen molar-refractivity contribution in [3.05, 3.63) is 47.4 Å². The van der Waals surface area contributed by atoms with Gasteiger partial charge in [0.25, 0.3) is 0 Å². The molecule has 2 aromatic heterocycles. The van der Waals surface area contributed by atoms with Crippen LogP contribution in [0.3, 0.4) is 0 Å². The second-order valence-electron chi connectivity index (χ2n) is 4.92. The van der Waals surface area contributed by atoms with Gasteiger partial charge in [-0.3, -0.25) is 4.68 Å². The Balaban J connectivity index is 1.81. The Labute approximate surface area is 112 Å². The maximum Gasteiger partial charge on any atom is 0.0827 e. The van der Waals surface area contributed by atoms with Gasteiger partial charge in [-0.2, -0.15) is 5.10 Å². The van der Waals surface area contributed by atoms with Crippen molar-refractivity contribution in [3.63, 3.8) is 0 Å². The van der Waals surface area contributed by atoms with E-state index in [2.05, 4.69) is 46.6 Å². The van der Waals surface area contributed by atoms with Crippen molar-refractivity contribution in [2.24, 2.45) is 7.05 Å². The second kappa shape index (κ2) is 4.46. The first-order valence-electron chi connectivity index (χ1n) is 6.45. The molecule has 2 N–H and O–H groups in total. The van der Waals surface area contributed by atoms with Crippen molar-refractivity contribution < 1.29 is 0 Å². The van der Waals surface area contributed by atoms with Gasteiger partial charge in [-0.05, 0) is 43.0 Å². The molecule has 1 aromatic carbocycles. The number of nitrogens with one attached hydrogen (secondary N) is 2. The third-order valence-corrected chi connectivity index (χ3v) is 3.60. The van der Waals surface area contributed by atoms with Gasteiger partial charge in [0, 0.05) is 25.3 Å². The lowest BCUT2D eigenvalue weighted by Gasteiger charge is -2.07. The Morgan fingerprint density at radius 3 is 2.84 bits per heavy atom. The van der Waals surface area contributed by atoms with Crippen LogP contribution in [0, 0.1) is 13.8 Å². The zero-order chi connectivity index (χ0) is 13.4. The number of aromatic amines is 1. The summed E-state index contributed by atoms with van der Waals surface area (Å²) in [4.78, 5) is 3.21. The molecule has 4 heteroatoms. The molecule has 0 aliphatic carbocycles. The van der Waals surface area contributed by atoms with Crippen molar-refractivity contribution in [1.29, 1.82) is 0 Å². The van der Waals surface area contributed by atoms with E-state index >= 15 is 0 Å². The number of hydrogen-bond acceptors (Lipinski definition) is 2. The molecule has 0 unspecified atom stereocenters. The lowest BCUT2D eigenvalue weighted by molar-refractivity contribution is 0.731. The van der Waals surface area contributed by atoms with Crippen LogP contribution in [0.2, 0.25) is 0 Å². The summed E-state index contributed by atoms with van der Waals surface area (Å²) in [6, 6.07) is 8.57. The van der Waals surface area contributed by atoms with E-state index in [1.54, 1.807) is 0 Å². The van der Waals surface area contributed by atoms with Crippen LogP contribution in [-0.2, 0) is 13.6 Å². The highest BCUT2D eigenvalue weighted by molar-refractivity contribution is 5.80. The van der Waals surface area contributed by atoms with Gasteiger partial charge >= 0.3 is 0 Å². The quantitative estimate of drug-likeness (QED) is 0.754. The van der Waals surface area contributed by atoms with Gasteiger partial charge in [0.2, 0.25) is 0 Å². The lowest BCUT2D eigenvalue weighted by atomic mass is 10.1. The van der Waals surface area contributed by atoms with Crippen molar-refractivity contribution in [2.75, 3.05) is 5.32 Å². The number of hydrogen-bond donors (Lipinski definition) is 2. The fourth-order valence-electron chi connectivity index (χ4n) is 2.43. The number of benzene rings is 1. The number of anilines is 1. The molecule has 0 saturated heterocycles. The fraction of sp³-hybridized carbons (Fsp3) is 0.267. The molecule has 0 fully saturated rings. The minimum atomic E-state index is 0.814. The molecule has 0 aliphatic rings. The number of nitrogens with zero attached hydrogens (tertiary/aromatic N) is 2. The topological polar surface area (TPSA) is 45.6 Å². The van der Waals surface area contributed by atoms with E-state index in [1.165, 1.54) is 22.2 Å². The van der Waals surface area contributed by atoms with Crippen LogP contribution in [-0.4, -0.2) is 14.8 Å². The second-order valence-corrected chi connectivity index (χ2v) is 4.92. The number of fused-ring (bicyclic) bond motifs is 1. The summed E-state index contributed by atoms with van der Waals surface area (Å²) in [6.07, 6.45) is 1.97. The van der Waals surface area contributed by atoms with Crippen LogP contribution < -0.4 is 5.32 Å². The Hall–Kier alpha value is -2.23. The minimum absolute atomic E-state index is 0.814. The van der Waals surface area contributed by atoms with Gasteiger partial charge in [-0.15, -0.1) is 0 Å². The lowest BCUT2D eigenvalue weighted by Crippen LogP contribution is -2.01. The molecule has 0 amide bonds. The highest BCUT2D eigenvalue weighted by atomic mass is 15.3. The maximum atomic E-state index is 4.41. The van der Waals surface area contributed by atoms with Gasteiger partial charge in [0.1, 0.15) is 0 Å². The molecule has 3 aromatic rings. The van der Waals surface area contributed by atoms with Crippen molar-refractivity contribution in [1.82, 2.24) is 14.8 Å². The van der Waals surface area contributed by atoms with Crippen LogP contribution in [0.4, 0.5) is 5.69 Å². The van der Waals surface area contributed by atoms with Crippen LogP contribution in [0.25, 0.3) is 10.9 Å². The van der Waals surface area contributed by atoms with Crippen molar-refractivity contribution in [3.8, 4) is 0 Å². The molecule has 98 valence electrons. The summed E-state index contributed by atoms with van der Waals surface area (Å²) >= 11 is 0. The Bertz CT molecular complexity index is 721. The molecule has 4 nitrogen and oxygen atoms in total. The standard InChI is InChI=1S/C15H18N4/c1-10-15(11(2)19(3)18-10)17-9-12-4-5-14-13(8-12)6-7-16-14/h4-8,16-17H,9H2,1-3H3. The molecule has 0 bridgehead atoms. The number of aryl methyl sites for hydroxylation is 2. The zero-order valence-electron chi connectivity index (χ0n) is 11.5. The first-order chi connectivity index (χ1) is 9.15. The Kier molecular flexibility index (Phi) is 2.78. The SMILES string of the molecule is Cc1nn(C)c(C)c1NCc1ccc2[nH]ccc2c1. The van der Waals surface area contributed by atoms with E-state index in [-0.39, 0.29) is 0 Å². The summed E-state index contributed by atoms with van der Waals surface area (Å²) in [5.74, 6) is 0. The molecule has 0 aliphatic heterocycles. The van der Waals surface area contributed by atoms with Crippen LogP contribution in [0.1, 0.15) is 17.0 Å². The summed E-state index contributed by atoms with van der Waals surface area (Å²) < 4.78 is 1.91. The van der Waals surface area contributed by atoms with Crippen molar-refractivity contribution >= 4 is 16.6 Å². The van der Waals surface area contributed by atoms with Crippen molar-refractivity contribution in [2.45, 2.75) is 20.4 Å². The molecule has 0 radical (unpaired) electrons. The summed E-state index contributed by atoms with van der Waals surface area (Å²) in [6.45, 7) is 4.93. The fourth-order valence-corrected chi connectivity index (χ4v) is 2.43. The van der Waals surface area contributed by atoms with E-state index < -0.39 is 0 Å². The molecule has 19 heavy (non-hydrogen) atoms. The number of H-pyrrole nitrogens is 1. The van der Waals surface area contributed by atoms with E-state index in [4.69, 9.17) is 0 Å². The molecular formula is C15H18N4. The highest BCUT2D eigenvalue weighted by Gasteiger charge is 2.08.